The molecule has 1 fully saturated rings. The molecule has 0 bridgehead atoms. The predicted molar refractivity (Wildman–Crippen MR) is 102 cm³/mol. The number of rotatable bonds is 8. The first-order chi connectivity index (χ1) is 13.5. The van der Waals surface area contributed by atoms with Crippen LogP contribution in [0.5, 0.6) is 5.75 Å². The number of nitrogens with one attached hydrogen (secondary N) is 1. The van der Waals surface area contributed by atoms with E-state index in [1.165, 1.54) is 0 Å². The lowest BCUT2D eigenvalue weighted by molar-refractivity contribution is -0.139. The Bertz CT molecular complexity index is 810. The van der Waals surface area contributed by atoms with Crippen LogP contribution in [0.25, 0.3) is 0 Å². The maximum absolute atomic E-state index is 12.5. The first kappa shape index (κ1) is 19.9. The molecular weight excluding hydrogens is 362 g/mol. The van der Waals surface area contributed by atoms with Gasteiger partial charge >= 0.3 is 5.97 Å². The van der Waals surface area contributed by atoms with Crippen LogP contribution in [-0.2, 0) is 16.0 Å². The van der Waals surface area contributed by atoms with Crippen molar-refractivity contribution < 1.29 is 24.2 Å². The summed E-state index contributed by atoms with van der Waals surface area (Å²) in [7, 11) is 0. The zero-order chi connectivity index (χ0) is 19.9. The van der Waals surface area contributed by atoms with Gasteiger partial charge in [-0.3, -0.25) is 9.48 Å². The zero-order valence-electron chi connectivity index (χ0n) is 15.9. The van der Waals surface area contributed by atoms with Gasteiger partial charge in [-0.2, -0.15) is 5.10 Å². The molecule has 2 N–H and O–H groups in total. The van der Waals surface area contributed by atoms with Crippen LogP contribution in [0.1, 0.15) is 40.5 Å². The van der Waals surface area contributed by atoms with Crippen molar-refractivity contribution in [3.8, 4) is 5.75 Å². The number of carbonyl (C=O) groups is 2. The van der Waals surface area contributed by atoms with E-state index >= 15 is 0 Å². The minimum absolute atomic E-state index is 0.128. The fourth-order valence-corrected chi connectivity index (χ4v) is 3.26. The van der Waals surface area contributed by atoms with Crippen LogP contribution in [0.3, 0.4) is 0 Å². The second kappa shape index (κ2) is 9.36. The van der Waals surface area contributed by atoms with Crippen molar-refractivity contribution in [2.45, 2.75) is 32.2 Å². The van der Waals surface area contributed by atoms with Crippen molar-refractivity contribution in [1.82, 2.24) is 15.1 Å². The van der Waals surface area contributed by atoms with Crippen LogP contribution in [-0.4, -0.2) is 53.1 Å². The Balaban J connectivity index is 1.49. The number of amides is 1. The van der Waals surface area contributed by atoms with Crippen LogP contribution >= 0.6 is 0 Å². The number of ether oxygens (including phenoxy) is 2. The van der Waals surface area contributed by atoms with E-state index in [1.807, 2.05) is 23.7 Å². The van der Waals surface area contributed by atoms with E-state index in [4.69, 9.17) is 14.6 Å². The summed E-state index contributed by atoms with van der Waals surface area (Å²) in [5, 5.41) is 16.0. The van der Waals surface area contributed by atoms with Gasteiger partial charge in [0.1, 0.15) is 5.75 Å². The highest BCUT2D eigenvalue weighted by molar-refractivity contribution is 5.95. The summed E-state index contributed by atoms with van der Waals surface area (Å²) in [4.78, 5) is 23.0. The normalized spacial score (nSPS) is 14.6. The van der Waals surface area contributed by atoms with Crippen LogP contribution in [0.2, 0.25) is 0 Å². The van der Waals surface area contributed by atoms with Gasteiger partial charge in [-0.25, -0.2) is 4.79 Å². The number of benzene rings is 1. The van der Waals surface area contributed by atoms with Gasteiger partial charge in [0.2, 0.25) is 0 Å². The van der Waals surface area contributed by atoms with Crippen LogP contribution < -0.4 is 10.1 Å². The van der Waals surface area contributed by atoms with Crippen molar-refractivity contribution in [3.63, 3.8) is 0 Å². The second-order valence-electron chi connectivity index (χ2n) is 6.76. The van der Waals surface area contributed by atoms with Gasteiger partial charge in [-0.05, 0) is 43.9 Å². The Morgan fingerprint density at radius 2 is 2.00 bits per heavy atom. The monoisotopic (exact) mass is 387 g/mol. The maximum atomic E-state index is 12.5. The molecule has 1 aromatic heterocycles. The summed E-state index contributed by atoms with van der Waals surface area (Å²) in [6.07, 6.45) is 4.12. The summed E-state index contributed by atoms with van der Waals surface area (Å²) in [6, 6.07) is 7.46. The molecule has 2 heterocycles. The minimum Gasteiger partial charge on any atom is -0.482 e. The molecule has 1 aliphatic rings. The third-order valence-electron chi connectivity index (χ3n) is 4.81. The lowest BCUT2D eigenvalue weighted by Crippen LogP contribution is -2.26. The maximum Gasteiger partial charge on any atom is 0.341 e. The summed E-state index contributed by atoms with van der Waals surface area (Å²) in [5.74, 6) is -0.634. The average Bonchev–Trinajstić information content (AvgIpc) is 3.09. The molecule has 8 nitrogen and oxygen atoms in total. The molecule has 0 spiro atoms. The molecular formula is C20H25N3O5. The van der Waals surface area contributed by atoms with Gasteiger partial charge < -0.3 is 19.9 Å². The summed E-state index contributed by atoms with van der Waals surface area (Å²) in [6.45, 7) is 3.51. The van der Waals surface area contributed by atoms with E-state index in [-0.39, 0.29) is 18.6 Å². The average molecular weight is 387 g/mol. The number of nitrogens with zero attached hydrogens (tertiary/aromatic N) is 2. The molecule has 28 heavy (non-hydrogen) atoms. The van der Waals surface area contributed by atoms with E-state index in [0.717, 1.165) is 37.3 Å². The van der Waals surface area contributed by atoms with Crippen LogP contribution in [0, 0.1) is 6.92 Å². The SMILES string of the molecule is Cc1c(C(=O)NCCc2ccc(OCC(=O)O)cc2)cnn1C1CCOCC1. The number of hydrogen-bond acceptors (Lipinski definition) is 5. The van der Waals surface area contributed by atoms with Gasteiger partial charge in [0.15, 0.2) is 6.61 Å². The van der Waals surface area contributed by atoms with E-state index in [0.29, 0.717) is 24.3 Å². The standard InChI is InChI=1S/C20H25N3O5/c1-14-18(12-22-23(14)16-7-10-27-11-8-16)20(26)21-9-6-15-2-4-17(5-3-15)28-13-19(24)25/h2-5,12,16H,6-11,13H2,1H3,(H,21,26)(H,24,25). The van der Waals surface area contributed by atoms with Crippen molar-refractivity contribution >= 4 is 11.9 Å². The molecule has 1 aliphatic heterocycles. The minimum atomic E-state index is -1.01. The zero-order valence-corrected chi connectivity index (χ0v) is 15.9. The van der Waals surface area contributed by atoms with Gasteiger partial charge in [-0.15, -0.1) is 0 Å². The largest absolute Gasteiger partial charge is 0.482 e. The molecule has 0 radical (unpaired) electrons. The van der Waals surface area contributed by atoms with Crippen molar-refractivity contribution in [2.24, 2.45) is 0 Å². The molecule has 2 aromatic rings. The highest BCUT2D eigenvalue weighted by Crippen LogP contribution is 2.23. The van der Waals surface area contributed by atoms with Crippen molar-refractivity contribution in [3.05, 3.63) is 47.3 Å². The highest BCUT2D eigenvalue weighted by atomic mass is 16.5. The Hall–Kier alpha value is -2.87. The van der Waals surface area contributed by atoms with E-state index in [9.17, 15) is 9.59 Å². The van der Waals surface area contributed by atoms with Gasteiger partial charge in [-0.1, -0.05) is 12.1 Å². The quantitative estimate of drug-likeness (QED) is 0.718. The topological polar surface area (TPSA) is 103 Å². The smallest absolute Gasteiger partial charge is 0.341 e. The fourth-order valence-electron chi connectivity index (χ4n) is 3.26. The molecule has 8 heteroatoms. The van der Waals surface area contributed by atoms with Crippen LogP contribution in [0.4, 0.5) is 0 Å². The molecule has 0 atom stereocenters. The first-order valence-electron chi connectivity index (χ1n) is 9.38. The van der Waals surface area contributed by atoms with E-state index < -0.39 is 5.97 Å². The molecule has 150 valence electrons. The third-order valence-corrected chi connectivity index (χ3v) is 4.81. The lowest BCUT2D eigenvalue weighted by Gasteiger charge is -2.23. The van der Waals surface area contributed by atoms with E-state index in [2.05, 4.69) is 10.4 Å². The number of aromatic nitrogens is 2. The molecule has 3 rings (SSSR count). The number of carboxylic acid groups (broad SMARTS) is 1. The fraction of sp³-hybridized carbons (Fsp3) is 0.450. The number of carboxylic acids is 1. The second-order valence-corrected chi connectivity index (χ2v) is 6.76. The Kier molecular flexibility index (Phi) is 6.65. The molecule has 1 amide bonds. The summed E-state index contributed by atoms with van der Waals surface area (Å²) in [5.41, 5.74) is 2.51. The van der Waals surface area contributed by atoms with Gasteiger partial charge in [0.25, 0.3) is 5.91 Å². The number of carbonyl (C=O) groups excluding carboxylic acids is 1. The van der Waals surface area contributed by atoms with E-state index in [1.54, 1.807) is 18.3 Å². The highest BCUT2D eigenvalue weighted by Gasteiger charge is 2.21. The summed E-state index contributed by atoms with van der Waals surface area (Å²) < 4.78 is 12.4. The molecule has 0 unspecified atom stereocenters. The predicted octanol–water partition coefficient (Wildman–Crippen LogP) is 1.98. The number of aliphatic carboxylic acids is 1. The van der Waals surface area contributed by atoms with Crippen molar-refractivity contribution in [1.29, 1.82) is 0 Å². The van der Waals surface area contributed by atoms with Crippen molar-refractivity contribution in [2.75, 3.05) is 26.4 Å². The molecule has 1 saturated heterocycles. The van der Waals surface area contributed by atoms with Gasteiger partial charge in [0, 0.05) is 25.5 Å². The summed E-state index contributed by atoms with van der Waals surface area (Å²) >= 11 is 0. The van der Waals surface area contributed by atoms with Crippen LogP contribution in [0.15, 0.2) is 30.5 Å². The molecule has 1 aromatic carbocycles. The molecule has 0 aliphatic carbocycles. The Morgan fingerprint density at radius 1 is 1.29 bits per heavy atom. The lowest BCUT2D eigenvalue weighted by atomic mass is 10.1. The Morgan fingerprint density at radius 3 is 2.68 bits per heavy atom. The third kappa shape index (κ3) is 5.10. The number of hydrogen-bond donors (Lipinski definition) is 2. The molecule has 0 saturated carbocycles. The van der Waals surface area contributed by atoms with Gasteiger partial charge in [0.05, 0.1) is 17.8 Å². The first-order valence-corrected chi connectivity index (χ1v) is 9.38. The Labute approximate surface area is 163 Å².